The van der Waals surface area contributed by atoms with Gasteiger partial charge in [-0.1, -0.05) is 27.2 Å². The molecule has 0 aromatic rings. The summed E-state index contributed by atoms with van der Waals surface area (Å²) in [6.07, 6.45) is 15.1. The monoisotopic (exact) mass is 530 g/mol. The maximum absolute atomic E-state index is 12.5. The van der Waals surface area contributed by atoms with Crippen molar-refractivity contribution in [2.75, 3.05) is 13.4 Å². The molecular weight excluding hydrogens is 476 g/mol. The first-order chi connectivity index (χ1) is 18.2. The van der Waals surface area contributed by atoms with E-state index in [1.54, 1.807) is 0 Å². The number of fused-ring (bicyclic) bond motifs is 7. The van der Waals surface area contributed by atoms with Crippen LogP contribution < -0.4 is 0 Å². The average Bonchev–Trinajstić information content (AvgIpc) is 3.61. The highest BCUT2D eigenvalue weighted by atomic mass is 16.7. The van der Waals surface area contributed by atoms with Crippen molar-refractivity contribution in [3.8, 4) is 0 Å². The van der Waals surface area contributed by atoms with Crippen molar-refractivity contribution in [1.82, 2.24) is 0 Å². The number of rotatable bonds is 8. The Morgan fingerprint density at radius 3 is 2.55 bits per heavy atom. The molecule has 0 aromatic carbocycles. The minimum Gasteiger partial charge on any atom is -0.438 e. The molecule has 0 saturated heterocycles. The first-order valence-electron chi connectivity index (χ1n) is 16.3. The van der Waals surface area contributed by atoms with Gasteiger partial charge in [0, 0.05) is 6.42 Å². The molecule has 13 unspecified atom stereocenters. The summed E-state index contributed by atoms with van der Waals surface area (Å²) in [5.41, 5.74) is 0.225. The summed E-state index contributed by atoms with van der Waals surface area (Å²) < 4.78 is 11.2. The summed E-state index contributed by atoms with van der Waals surface area (Å²) in [7, 11) is 0. The molecule has 216 valence electrons. The van der Waals surface area contributed by atoms with E-state index in [1.165, 1.54) is 51.4 Å². The number of hydrogen-bond donors (Lipinski definition) is 2. The van der Waals surface area contributed by atoms with E-state index >= 15 is 0 Å². The summed E-state index contributed by atoms with van der Waals surface area (Å²) in [4.78, 5) is 12.5. The second-order valence-corrected chi connectivity index (χ2v) is 15.3. The van der Waals surface area contributed by atoms with Gasteiger partial charge >= 0.3 is 5.97 Å². The van der Waals surface area contributed by atoms with Crippen molar-refractivity contribution in [2.45, 2.75) is 123 Å². The van der Waals surface area contributed by atoms with Crippen molar-refractivity contribution in [2.24, 2.45) is 64.1 Å². The van der Waals surface area contributed by atoms with Crippen LogP contribution in [-0.2, 0) is 14.3 Å². The molecular formula is C33H54O5. The van der Waals surface area contributed by atoms with Gasteiger partial charge in [-0.3, -0.25) is 4.79 Å². The molecule has 6 aliphatic rings. The number of aliphatic hydroxyl groups excluding tert-OH is 2. The van der Waals surface area contributed by atoms with Crippen molar-refractivity contribution in [3.05, 3.63) is 0 Å². The zero-order chi connectivity index (χ0) is 26.7. The van der Waals surface area contributed by atoms with Crippen molar-refractivity contribution < 1.29 is 24.5 Å². The highest BCUT2D eigenvalue weighted by Gasteiger charge is 2.63. The lowest BCUT2D eigenvalue weighted by Crippen LogP contribution is -2.58. The molecule has 13 atom stereocenters. The Kier molecular flexibility index (Phi) is 7.70. The molecule has 2 N–H and O–H groups in total. The van der Waals surface area contributed by atoms with Crippen LogP contribution in [0.15, 0.2) is 0 Å². The summed E-state index contributed by atoms with van der Waals surface area (Å²) in [6.45, 7) is 8.01. The number of carbonyl (C=O) groups is 1. The Labute approximate surface area is 230 Å². The fourth-order valence-corrected chi connectivity index (χ4v) is 11.7. The normalized spacial score (nSPS) is 50.2. The Balaban J connectivity index is 0.999. The molecule has 0 aliphatic heterocycles. The van der Waals surface area contributed by atoms with Gasteiger partial charge in [-0.05, 0) is 141 Å². The van der Waals surface area contributed by atoms with Crippen LogP contribution in [0.3, 0.4) is 0 Å². The summed E-state index contributed by atoms with van der Waals surface area (Å²) in [6, 6.07) is 0. The van der Waals surface area contributed by atoms with E-state index in [0.717, 1.165) is 50.5 Å². The maximum atomic E-state index is 12.5. The number of ether oxygens (including phenoxy) is 2. The Bertz CT molecular complexity index is 860. The van der Waals surface area contributed by atoms with E-state index in [1.807, 2.05) is 0 Å². The SMILES string of the molecule is CC(CCC(=O)OCOCC1CC2CCC1C2)C1CCC2C3CCC4CC(O)CCC4(C)C3CC(O)C12C. The lowest BCUT2D eigenvalue weighted by Gasteiger charge is -2.62. The van der Waals surface area contributed by atoms with E-state index in [9.17, 15) is 15.0 Å². The van der Waals surface area contributed by atoms with Crippen LogP contribution in [0, 0.1) is 64.1 Å². The molecule has 5 heteroatoms. The van der Waals surface area contributed by atoms with Crippen LogP contribution in [0.5, 0.6) is 0 Å². The molecule has 0 radical (unpaired) electrons. The molecule has 6 rings (SSSR count). The predicted octanol–water partition coefficient (Wildman–Crippen LogP) is 6.35. The average molecular weight is 531 g/mol. The van der Waals surface area contributed by atoms with E-state index in [4.69, 9.17) is 9.47 Å². The Morgan fingerprint density at radius 2 is 1.79 bits per heavy atom. The third kappa shape index (κ3) is 4.69. The van der Waals surface area contributed by atoms with Gasteiger partial charge in [0.2, 0.25) is 0 Å². The Morgan fingerprint density at radius 1 is 0.947 bits per heavy atom. The van der Waals surface area contributed by atoms with Gasteiger partial charge in [-0.25, -0.2) is 0 Å². The van der Waals surface area contributed by atoms with Gasteiger partial charge in [0.15, 0.2) is 6.79 Å². The largest absolute Gasteiger partial charge is 0.438 e. The van der Waals surface area contributed by atoms with Crippen LogP contribution in [0.1, 0.15) is 111 Å². The molecule has 38 heavy (non-hydrogen) atoms. The number of aliphatic hydroxyl groups is 2. The quantitative estimate of drug-likeness (QED) is 0.217. The fourth-order valence-electron chi connectivity index (χ4n) is 11.7. The van der Waals surface area contributed by atoms with Gasteiger partial charge in [-0.15, -0.1) is 0 Å². The number of carbonyl (C=O) groups excluding carboxylic acids is 1. The molecule has 6 aliphatic carbocycles. The summed E-state index contributed by atoms with van der Waals surface area (Å²) in [5.74, 6) is 5.64. The highest BCUT2D eigenvalue weighted by molar-refractivity contribution is 5.69. The summed E-state index contributed by atoms with van der Waals surface area (Å²) >= 11 is 0. The lowest BCUT2D eigenvalue weighted by atomic mass is 9.43. The fraction of sp³-hybridized carbons (Fsp3) is 0.970. The zero-order valence-electron chi connectivity index (χ0n) is 24.3. The van der Waals surface area contributed by atoms with Gasteiger partial charge in [0.05, 0.1) is 18.8 Å². The first-order valence-corrected chi connectivity index (χ1v) is 16.3. The minimum atomic E-state index is -0.266. The second kappa shape index (κ2) is 10.6. The second-order valence-electron chi connectivity index (χ2n) is 15.3. The van der Waals surface area contributed by atoms with Crippen molar-refractivity contribution >= 4 is 5.97 Å². The van der Waals surface area contributed by atoms with Crippen LogP contribution in [0.25, 0.3) is 0 Å². The first kappa shape index (κ1) is 27.5. The van der Waals surface area contributed by atoms with Crippen LogP contribution in [0.4, 0.5) is 0 Å². The molecule has 0 amide bonds. The van der Waals surface area contributed by atoms with E-state index < -0.39 is 0 Å². The third-order valence-corrected chi connectivity index (χ3v) is 13.8. The van der Waals surface area contributed by atoms with Crippen LogP contribution >= 0.6 is 0 Å². The van der Waals surface area contributed by atoms with Gasteiger partial charge in [0.25, 0.3) is 0 Å². The summed E-state index contributed by atoms with van der Waals surface area (Å²) in [5, 5.41) is 22.1. The minimum absolute atomic E-state index is 0.0500. The van der Waals surface area contributed by atoms with E-state index in [2.05, 4.69) is 20.8 Å². The molecule has 5 nitrogen and oxygen atoms in total. The third-order valence-electron chi connectivity index (χ3n) is 13.8. The van der Waals surface area contributed by atoms with Crippen molar-refractivity contribution in [3.63, 3.8) is 0 Å². The van der Waals surface area contributed by atoms with Gasteiger partial charge in [0.1, 0.15) is 0 Å². The molecule has 6 fully saturated rings. The topological polar surface area (TPSA) is 76.0 Å². The van der Waals surface area contributed by atoms with Crippen molar-refractivity contribution in [1.29, 1.82) is 0 Å². The molecule has 0 spiro atoms. The maximum Gasteiger partial charge on any atom is 0.307 e. The molecule has 6 saturated carbocycles. The predicted molar refractivity (Wildman–Crippen MR) is 147 cm³/mol. The standard InChI is InChI=1S/C33H54O5/c1-20(4-11-31(36)38-19-37-18-23-15-21-5-6-22(23)14-21)27-9-10-28-26-8-7-24-16-25(34)12-13-32(24,2)29(26)17-30(35)33(27,28)3/h20-30,34-35H,4-19H2,1-3H3. The van der Waals surface area contributed by atoms with Crippen LogP contribution in [0.2, 0.25) is 0 Å². The van der Waals surface area contributed by atoms with E-state index in [-0.39, 0.29) is 35.8 Å². The van der Waals surface area contributed by atoms with E-state index in [0.29, 0.717) is 47.8 Å². The zero-order valence-corrected chi connectivity index (χ0v) is 24.3. The van der Waals surface area contributed by atoms with Crippen LogP contribution in [-0.4, -0.2) is 41.8 Å². The lowest BCUT2D eigenvalue weighted by molar-refractivity contribution is -0.175. The van der Waals surface area contributed by atoms with Gasteiger partial charge < -0.3 is 19.7 Å². The smallest absolute Gasteiger partial charge is 0.307 e. The molecule has 0 heterocycles. The highest BCUT2D eigenvalue weighted by Crippen LogP contribution is 2.68. The number of hydrogen-bond acceptors (Lipinski definition) is 5. The van der Waals surface area contributed by atoms with Gasteiger partial charge in [-0.2, -0.15) is 0 Å². The molecule has 0 aromatic heterocycles. The molecule has 2 bridgehead atoms. The Hall–Kier alpha value is -0.650. The number of esters is 1.